The van der Waals surface area contributed by atoms with E-state index in [9.17, 15) is 4.79 Å². The molecule has 1 aliphatic heterocycles. The summed E-state index contributed by atoms with van der Waals surface area (Å²) in [5.41, 5.74) is 2.45. The summed E-state index contributed by atoms with van der Waals surface area (Å²) in [7, 11) is 1.79. The second kappa shape index (κ2) is 11.6. The van der Waals surface area contributed by atoms with E-state index in [-0.39, 0.29) is 35.8 Å². The molecule has 27 heavy (non-hydrogen) atoms. The maximum absolute atomic E-state index is 11.6. The molecule has 1 aromatic rings. The predicted molar refractivity (Wildman–Crippen MR) is 125 cm³/mol. The van der Waals surface area contributed by atoms with E-state index in [2.05, 4.69) is 38.4 Å². The largest absolute Gasteiger partial charge is 0.368 e. The molecule has 0 bridgehead atoms. The van der Waals surface area contributed by atoms with E-state index in [0.29, 0.717) is 13.1 Å². The number of benzene rings is 1. The molecule has 2 N–H and O–H groups in total. The van der Waals surface area contributed by atoms with Crippen LogP contribution in [-0.4, -0.2) is 63.1 Å². The van der Waals surface area contributed by atoms with Gasteiger partial charge in [0.25, 0.3) is 0 Å². The number of aliphatic imine (C=N–C) groups is 1. The van der Waals surface area contributed by atoms with Gasteiger partial charge in [0.15, 0.2) is 5.96 Å². The molecule has 0 spiro atoms. The molecule has 0 atom stereocenters. The van der Waals surface area contributed by atoms with Crippen molar-refractivity contribution in [3.05, 3.63) is 28.8 Å². The number of carbonyl (C=O) groups excluding carboxylic acids is 1. The number of amides is 1. The molecule has 1 heterocycles. The third-order valence-electron chi connectivity index (χ3n) is 4.53. The van der Waals surface area contributed by atoms with Crippen LogP contribution in [0.1, 0.15) is 19.4 Å². The first-order chi connectivity index (χ1) is 12.4. The molecule has 1 saturated heterocycles. The van der Waals surface area contributed by atoms with E-state index < -0.39 is 0 Å². The number of guanidine groups is 1. The number of nitrogens with zero attached hydrogens (tertiary/aromatic N) is 3. The van der Waals surface area contributed by atoms with Crippen molar-refractivity contribution in [1.82, 2.24) is 15.5 Å². The molecule has 0 aliphatic carbocycles. The quantitative estimate of drug-likeness (QED) is 0.278. The van der Waals surface area contributed by atoms with Crippen LogP contribution in [0.5, 0.6) is 0 Å². The van der Waals surface area contributed by atoms with Gasteiger partial charge in [-0.05, 0) is 24.6 Å². The van der Waals surface area contributed by atoms with Crippen molar-refractivity contribution < 1.29 is 4.79 Å². The summed E-state index contributed by atoms with van der Waals surface area (Å²) >= 11 is 6.15. The van der Waals surface area contributed by atoms with Crippen molar-refractivity contribution in [3.63, 3.8) is 0 Å². The fourth-order valence-electron chi connectivity index (χ4n) is 2.98. The Balaban J connectivity index is 0.00000364. The summed E-state index contributed by atoms with van der Waals surface area (Å²) < 4.78 is 0. The number of anilines is 1. The fourth-order valence-corrected chi connectivity index (χ4v) is 3.15. The number of carbonyl (C=O) groups is 1. The van der Waals surface area contributed by atoms with Gasteiger partial charge in [0, 0.05) is 62.9 Å². The van der Waals surface area contributed by atoms with Gasteiger partial charge in [0.1, 0.15) is 0 Å². The van der Waals surface area contributed by atoms with Gasteiger partial charge in [-0.2, -0.15) is 0 Å². The highest BCUT2D eigenvalue weighted by molar-refractivity contribution is 14.0. The smallest absolute Gasteiger partial charge is 0.222 e. The third-order valence-corrected chi connectivity index (χ3v) is 4.77. The maximum atomic E-state index is 11.6. The molecule has 8 heteroatoms. The molecular formula is C19H31ClIN5O. The van der Waals surface area contributed by atoms with Crippen LogP contribution >= 0.6 is 35.6 Å². The Labute approximate surface area is 184 Å². The molecule has 0 saturated carbocycles. The first kappa shape index (κ1) is 23.8. The number of hydrogen-bond acceptors (Lipinski definition) is 3. The lowest BCUT2D eigenvalue weighted by Gasteiger charge is -2.38. The zero-order valence-corrected chi connectivity index (χ0v) is 19.7. The zero-order chi connectivity index (χ0) is 19.1. The zero-order valence-electron chi connectivity index (χ0n) is 16.6. The van der Waals surface area contributed by atoms with Gasteiger partial charge in [0.05, 0.1) is 0 Å². The molecular weight excluding hydrogens is 477 g/mol. The van der Waals surface area contributed by atoms with Crippen LogP contribution in [0.3, 0.4) is 0 Å². The third kappa shape index (κ3) is 7.03. The average molecular weight is 508 g/mol. The van der Waals surface area contributed by atoms with Crippen molar-refractivity contribution in [1.29, 1.82) is 0 Å². The van der Waals surface area contributed by atoms with Crippen molar-refractivity contribution >= 4 is 53.1 Å². The van der Waals surface area contributed by atoms with Crippen LogP contribution in [0, 0.1) is 12.8 Å². The normalized spacial score (nSPS) is 14.8. The van der Waals surface area contributed by atoms with Crippen molar-refractivity contribution in [2.75, 3.05) is 51.2 Å². The summed E-state index contributed by atoms with van der Waals surface area (Å²) in [5.74, 6) is 0.968. The monoisotopic (exact) mass is 507 g/mol. The molecule has 1 aliphatic rings. The van der Waals surface area contributed by atoms with E-state index >= 15 is 0 Å². The van der Waals surface area contributed by atoms with Crippen LogP contribution in [0.2, 0.25) is 5.02 Å². The van der Waals surface area contributed by atoms with Crippen molar-refractivity contribution in [2.24, 2.45) is 10.9 Å². The molecule has 1 amide bonds. The Hall–Kier alpha value is -1.22. The minimum atomic E-state index is 0. The number of aryl methyl sites for hydroxylation is 1. The maximum Gasteiger partial charge on any atom is 0.222 e. The lowest BCUT2D eigenvalue weighted by molar-refractivity contribution is -0.123. The lowest BCUT2D eigenvalue weighted by Crippen LogP contribution is -2.53. The van der Waals surface area contributed by atoms with Gasteiger partial charge < -0.3 is 20.4 Å². The number of piperazine rings is 1. The Bertz CT molecular complexity index is 645. The van der Waals surface area contributed by atoms with E-state index in [1.807, 2.05) is 26.0 Å². The Kier molecular flexibility index (Phi) is 10.2. The number of halogens is 2. The van der Waals surface area contributed by atoms with Crippen molar-refractivity contribution in [3.8, 4) is 0 Å². The van der Waals surface area contributed by atoms with Gasteiger partial charge in [0.2, 0.25) is 5.91 Å². The summed E-state index contributed by atoms with van der Waals surface area (Å²) in [5, 5.41) is 7.01. The molecule has 0 unspecified atom stereocenters. The van der Waals surface area contributed by atoms with E-state index in [4.69, 9.17) is 11.6 Å². The second-order valence-electron chi connectivity index (χ2n) is 6.82. The lowest BCUT2D eigenvalue weighted by atomic mass is 10.1. The molecule has 0 radical (unpaired) electrons. The van der Waals surface area contributed by atoms with E-state index in [1.54, 1.807) is 7.05 Å². The van der Waals surface area contributed by atoms with Crippen LogP contribution in [0.15, 0.2) is 23.2 Å². The SMILES string of the molecule is CN=C(NCCNC(=O)C(C)C)N1CCN(c2cc(Cl)ccc2C)CC1.I. The first-order valence-electron chi connectivity index (χ1n) is 9.16. The molecule has 152 valence electrons. The van der Waals surface area contributed by atoms with Gasteiger partial charge >= 0.3 is 0 Å². The van der Waals surface area contributed by atoms with Crippen LogP contribution in [0.25, 0.3) is 0 Å². The standard InChI is InChI=1S/C19H30ClN5O.HI/c1-14(2)18(26)22-7-8-23-19(21-4)25-11-9-24(10-12-25)17-13-16(20)6-5-15(17)3;/h5-6,13-14H,7-12H2,1-4H3,(H,21,23)(H,22,26);1H. The predicted octanol–water partition coefficient (Wildman–Crippen LogP) is 2.74. The minimum absolute atomic E-state index is 0. The highest BCUT2D eigenvalue weighted by Crippen LogP contribution is 2.25. The van der Waals surface area contributed by atoms with Gasteiger partial charge in [-0.25, -0.2) is 0 Å². The van der Waals surface area contributed by atoms with Gasteiger partial charge in [-0.15, -0.1) is 24.0 Å². The van der Waals surface area contributed by atoms with E-state index in [0.717, 1.165) is 37.2 Å². The summed E-state index contributed by atoms with van der Waals surface area (Å²) in [4.78, 5) is 20.6. The summed E-state index contributed by atoms with van der Waals surface area (Å²) in [6.45, 7) is 10.8. The number of nitrogens with one attached hydrogen (secondary N) is 2. The Morgan fingerprint density at radius 1 is 1.19 bits per heavy atom. The molecule has 0 aromatic heterocycles. The highest BCUT2D eigenvalue weighted by atomic mass is 127. The van der Waals surface area contributed by atoms with Gasteiger partial charge in [-0.3, -0.25) is 9.79 Å². The van der Waals surface area contributed by atoms with Crippen LogP contribution < -0.4 is 15.5 Å². The Morgan fingerprint density at radius 2 is 1.81 bits per heavy atom. The highest BCUT2D eigenvalue weighted by Gasteiger charge is 2.20. The van der Waals surface area contributed by atoms with Crippen LogP contribution in [-0.2, 0) is 4.79 Å². The second-order valence-corrected chi connectivity index (χ2v) is 7.26. The minimum Gasteiger partial charge on any atom is -0.368 e. The fraction of sp³-hybridized carbons (Fsp3) is 0.579. The molecule has 1 fully saturated rings. The van der Waals surface area contributed by atoms with Crippen LogP contribution in [0.4, 0.5) is 5.69 Å². The number of hydrogen-bond donors (Lipinski definition) is 2. The average Bonchev–Trinajstić information content (AvgIpc) is 2.64. The topological polar surface area (TPSA) is 60.0 Å². The van der Waals surface area contributed by atoms with Gasteiger partial charge in [-0.1, -0.05) is 31.5 Å². The first-order valence-corrected chi connectivity index (χ1v) is 9.54. The molecule has 2 rings (SSSR count). The van der Waals surface area contributed by atoms with E-state index in [1.165, 1.54) is 11.3 Å². The molecule has 1 aromatic carbocycles. The Morgan fingerprint density at radius 3 is 2.41 bits per heavy atom. The molecule has 6 nitrogen and oxygen atoms in total. The summed E-state index contributed by atoms with van der Waals surface area (Å²) in [6, 6.07) is 6.04. The van der Waals surface area contributed by atoms with Crippen molar-refractivity contribution in [2.45, 2.75) is 20.8 Å². The summed E-state index contributed by atoms with van der Waals surface area (Å²) in [6.07, 6.45) is 0. The number of rotatable bonds is 5.